The minimum absolute atomic E-state index is 0.0797. The van der Waals surface area contributed by atoms with Crippen LogP contribution in [0.25, 0.3) is 0 Å². The van der Waals surface area contributed by atoms with E-state index in [4.69, 9.17) is 9.47 Å². The zero-order valence-electron chi connectivity index (χ0n) is 9.37. The molecule has 5 nitrogen and oxygen atoms in total. The standard InChI is InChI=1S/C11H14O5/c1-10(2)15-8(13)11(9(14)16-10)5-3-7(12)4-6-11/h3-6H2,1-2H3. The number of hydrogen-bond acceptors (Lipinski definition) is 5. The first-order valence-electron chi connectivity index (χ1n) is 5.34. The van der Waals surface area contributed by atoms with Crippen molar-refractivity contribution in [2.75, 3.05) is 0 Å². The molecule has 0 amide bonds. The molecule has 0 unspecified atom stereocenters. The highest BCUT2D eigenvalue weighted by Gasteiger charge is 2.57. The van der Waals surface area contributed by atoms with Gasteiger partial charge < -0.3 is 9.47 Å². The van der Waals surface area contributed by atoms with Gasteiger partial charge in [0, 0.05) is 26.7 Å². The number of ether oxygens (including phenoxy) is 2. The third-order valence-electron chi connectivity index (χ3n) is 3.12. The summed E-state index contributed by atoms with van der Waals surface area (Å²) in [5, 5.41) is 0. The quantitative estimate of drug-likeness (QED) is 0.454. The third-order valence-corrected chi connectivity index (χ3v) is 3.12. The van der Waals surface area contributed by atoms with E-state index in [2.05, 4.69) is 0 Å². The van der Waals surface area contributed by atoms with Gasteiger partial charge in [-0.2, -0.15) is 0 Å². The van der Waals surface area contributed by atoms with Crippen LogP contribution >= 0.6 is 0 Å². The Hall–Kier alpha value is -1.39. The lowest BCUT2D eigenvalue weighted by Gasteiger charge is -2.41. The second kappa shape index (κ2) is 3.30. The molecule has 2 aliphatic rings. The van der Waals surface area contributed by atoms with Gasteiger partial charge in [-0.3, -0.25) is 14.4 Å². The Morgan fingerprint density at radius 3 is 1.81 bits per heavy atom. The van der Waals surface area contributed by atoms with Crippen molar-refractivity contribution < 1.29 is 23.9 Å². The maximum absolute atomic E-state index is 11.9. The van der Waals surface area contributed by atoms with Gasteiger partial charge in [-0.25, -0.2) is 0 Å². The van der Waals surface area contributed by atoms with Crippen molar-refractivity contribution in [3.8, 4) is 0 Å². The number of cyclic esters (lactones) is 2. The molecule has 88 valence electrons. The molecule has 1 heterocycles. The molecule has 2 fully saturated rings. The lowest BCUT2D eigenvalue weighted by atomic mass is 9.73. The van der Waals surface area contributed by atoms with E-state index in [9.17, 15) is 14.4 Å². The van der Waals surface area contributed by atoms with E-state index >= 15 is 0 Å². The molecule has 16 heavy (non-hydrogen) atoms. The number of ketones is 1. The molecule has 0 aromatic rings. The molecule has 0 radical (unpaired) electrons. The predicted octanol–water partition coefficient (Wildman–Crippen LogP) is 0.952. The molecule has 5 heteroatoms. The van der Waals surface area contributed by atoms with Gasteiger partial charge in [0.2, 0.25) is 0 Å². The maximum Gasteiger partial charge on any atom is 0.326 e. The summed E-state index contributed by atoms with van der Waals surface area (Å²) in [4.78, 5) is 34.9. The third kappa shape index (κ3) is 1.60. The topological polar surface area (TPSA) is 69.7 Å². The van der Waals surface area contributed by atoms with Gasteiger partial charge in [0.05, 0.1) is 0 Å². The first-order chi connectivity index (χ1) is 7.36. The lowest BCUT2D eigenvalue weighted by molar-refractivity contribution is -0.252. The average molecular weight is 226 g/mol. The van der Waals surface area contributed by atoms with Crippen LogP contribution in [0.2, 0.25) is 0 Å². The molecule has 0 bridgehead atoms. The zero-order valence-corrected chi connectivity index (χ0v) is 9.37. The molecule has 0 aromatic heterocycles. The average Bonchev–Trinajstić information content (AvgIpc) is 2.15. The minimum atomic E-state index is -1.23. The summed E-state index contributed by atoms with van der Waals surface area (Å²) in [6.45, 7) is 3.03. The van der Waals surface area contributed by atoms with Gasteiger partial charge in [-0.15, -0.1) is 0 Å². The largest absolute Gasteiger partial charge is 0.422 e. The Balaban J connectivity index is 2.25. The van der Waals surface area contributed by atoms with Gasteiger partial charge >= 0.3 is 11.9 Å². The van der Waals surface area contributed by atoms with Crippen LogP contribution in [0.3, 0.4) is 0 Å². The highest BCUT2D eigenvalue weighted by atomic mass is 16.7. The van der Waals surface area contributed by atoms with E-state index in [1.165, 1.54) is 13.8 Å². The fourth-order valence-electron chi connectivity index (χ4n) is 2.11. The molecule has 1 aliphatic heterocycles. The van der Waals surface area contributed by atoms with Crippen LogP contribution in [-0.2, 0) is 23.9 Å². The Bertz CT molecular complexity index is 337. The fraction of sp³-hybridized carbons (Fsp3) is 0.727. The van der Waals surface area contributed by atoms with Crippen molar-refractivity contribution in [3.63, 3.8) is 0 Å². The van der Waals surface area contributed by atoms with Crippen molar-refractivity contribution in [1.82, 2.24) is 0 Å². The van der Waals surface area contributed by atoms with Gasteiger partial charge in [0.1, 0.15) is 5.78 Å². The van der Waals surface area contributed by atoms with Crippen molar-refractivity contribution in [2.45, 2.75) is 45.3 Å². The summed E-state index contributed by atoms with van der Waals surface area (Å²) in [6.07, 6.45) is 0.897. The molecule has 1 saturated carbocycles. The monoisotopic (exact) mass is 226 g/mol. The van der Waals surface area contributed by atoms with Crippen molar-refractivity contribution in [2.24, 2.45) is 5.41 Å². The number of hydrogen-bond donors (Lipinski definition) is 0. The van der Waals surface area contributed by atoms with E-state index < -0.39 is 23.1 Å². The van der Waals surface area contributed by atoms with Crippen LogP contribution in [0.15, 0.2) is 0 Å². The second-order valence-electron chi connectivity index (χ2n) is 4.80. The summed E-state index contributed by atoms with van der Waals surface area (Å²) in [5.41, 5.74) is -1.23. The van der Waals surface area contributed by atoms with E-state index in [1.54, 1.807) is 0 Å². The number of esters is 2. The molecular formula is C11H14O5. The number of rotatable bonds is 0. The summed E-state index contributed by atoms with van der Waals surface area (Å²) >= 11 is 0. The molecule has 0 aromatic carbocycles. The summed E-state index contributed by atoms with van der Waals surface area (Å²) in [6, 6.07) is 0. The Kier molecular flexibility index (Phi) is 2.29. The van der Waals surface area contributed by atoms with Crippen molar-refractivity contribution >= 4 is 17.7 Å². The van der Waals surface area contributed by atoms with Crippen molar-refractivity contribution in [3.05, 3.63) is 0 Å². The minimum Gasteiger partial charge on any atom is -0.422 e. The van der Waals surface area contributed by atoms with E-state index in [1.807, 2.05) is 0 Å². The zero-order chi connectivity index (χ0) is 12.0. The molecule has 1 spiro atoms. The lowest BCUT2D eigenvalue weighted by Crippen LogP contribution is -2.55. The highest BCUT2D eigenvalue weighted by molar-refractivity contribution is 6.03. The number of carbonyl (C=O) groups is 3. The second-order valence-corrected chi connectivity index (χ2v) is 4.80. The molecule has 0 N–H and O–H groups in total. The van der Waals surface area contributed by atoms with Crippen LogP contribution in [-0.4, -0.2) is 23.5 Å². The first-order valence-corrected chi connectivity index (χ1v) is 5.34. The normalized spacial score (nSPS) is 27.5. The van der Waals surface area contributed by atoms with Crippen LogP contribution in [0.5, 0.6) is 0 Å². The van der Waals surface area contributed by atoms with Gasteiger partial charge in [0.25, 0.3) is 5.79 Å². The van der Waals surface area contributed by atoms with Crippen LogP contribution in [0.4, 0.5) is 0 Å². The predicted molar refractivity (Wildman–Crippen MR) is 52.2 cm³/mol. The number of carbonyl (C=O) groups excluding carboxylic acids is 3. The molecule has 0 atom stereocenters. The molecule has 1 aliphatic carbocycles. The first kappa shape index (κ1) is 11.1. The van der Waals surface area contributed by atoms with Gasteiger partial charge in [-0.1, -0.05) is 0 Å². The van der Waals surface area contributed by atoms with Gasteiger partial charge in [0.15, 0.2) is 5.41 Å². The molecule has 2 rings (SSSR count). The Morgan fingerprint density at radius 1 is 0.938 bits per heavy atom. The Morgan fingerprint density at radius 2 is 1.38 bits per heavy atom. The maximum atomic E-state index is 11.9. The molecule has 1 saturated heterocycles. The van der Waals surface area contributed by atoms with Crippen molar-refractivity contribution in [1.29, 1.82) is 0 Å². The fourth-order valence-corrected chi connectivity index (χ4v) is 2.11. The van der Waals surface area contributed by atoms with Gasteiger partial charge in [-0.05, 0) is 12.8 Å². The smallest absolute Gasteiger partial charge is 0.326 e. The number of Topliss-reactive ketones (excluding diaryl/α,β-unsaturated/α-hetero) is 1. The molecular weight excluding hydrogens is 212 g/mol. The Labute approximate surface area is 93.1 Å². The van der Waals surface area contributed by atoms with E-state index in [0.29, 0.717) is 0 Å². The van der Waals surface area contributed by atoms with Crippen LogP contribution in [0, 0.1) is 5.41 Å². The summed E-state index contributed by atoms with van der Waals surface area (Å²) in [7, 11) is 0. The summed E-state index contributed by atoms with van der Waals surface area (Å²) in [5.74, 6) is -2.22. The van der Waals surface area contributed by atoms with Crippen LogP contribution < -0.4 is 0 Å². The van der Waals surface area contributed by atoms with E-state index in [0.717, 1.165) is 0 Å². The van der Waals surface area contributed by atoms with Crippen LogP contribution in [0.1, 0.15) is 39.5 Å². The summed E-state index contributed by atoms with van der Waals surface area (Å²) < 4.78 is 10.2. The highest BCUT2D eigenvalue weighted by Crippen LogP contribution is 2.42. The SMILES string of the molecule is CC1(C)OC(=O)C2(CCC(=O)CC2)C(=O)O1. The van der Waals surface area contributed by atoms with E-state index in [-0.39, 0.29) is 31.5 Å².